The Morgan fingerprint density at radius 3 is 2.46 bits per heavy atom. The van der Waals surface area contributed by atoms with Gasteiger partial charge in [-0.05, 0) is 34.0 Å². The zero-order valence-electron chi connectivity index (χ0n) is 16.3. The lowest BCUT2D eigenvalue weighted by molar-refractivity contribution is -0.138. The number of aryl methyl sites for hydroxylation is 1. The molecule has 0 N–H and O–H groups in total. The zero-order chi connectivity index (χ0) is 19.7. The largest absolute Gasteiger partial charge is 0.350 e. The third-order valence-electron chi connectivity index (χ3n) is 5.71. The van der Waals surface area contributed by atoms with Gasteiger partial charge in [0, 0.05) is 69.6 Å². The van der Waals surface area contributed by atoms with Gasteiger partial charge < -0.3 is 14.4 Å². The number of aromatic nitrogens is 1. The lowest BCUT2D eigenvalue weighted by atomic mass is 9.89. The highest BCUT2D eigenvalue weighted by Gasteiger charge is 2.27. The van der Waals surface area contributed by atoms with Gasteiger partial charge in [-0.25, -0.2) is 0 Å². The molecule has 4 rings (SSSR count). The highest BCUT2D eigenvalue weighted by molar-refractivity contribution is 7.08. The second kappa shape index (κ2) is 7.80. The van der Waals surface area contributed by atoms with E-state index in [1.54, 1.807) is 18.3 Å². The fraction of sp³-hybridized carbons (Fsp3) is 0.364. The van der Waals surface area contributed by atoms with Crippen LogP contribution in [0.15, 0.2) is 47.3 Å². The number of para-hydroxylation sites is 1. The molecule has 3 aromatic rings. The average Bonchev–Trinajstić information content (AvgIpc) is 3.35. The molecule has 3 heterocycles. The van der Waals surface area contributed by atoms with E-state index in [0.29, 0.717) is 32.6 Å². The molecule has 0 radical (unpaired) electrons. The number of hydrogen-bond acceptors (Lipinski definition) is 3. The number of amides is 2. The molecule has 2 aromatic heterocycles. The minimum atomic E-state index is 0.0377. The maximum absolute atomic E-state index is 13.1. The van der Waals surface area contributed by atoms with Gasteiger partial charge in [0.1, 0.15) is 0 Å². The molecule has 28 heavy (non-hydrogen) atoms. The van der Waals surface area contributed by atoms with E-state index >= 15 is 0 Å². The van der Waals surface area contributed by atoms with Gasteiger partial charge in [0.25, 0.3) is 0 Å². The van der Waals surface area contributed by atoms with Crippen LogP contribution < -0.4 is 0 Å². The third kappa shape index (κ3) is 3.56. The molecule has 5 nitrogen and oxygen atoms in total. The maximum atomic E-state index is 13.1. The number of hydrogen-bond donors (Lipinski definition) is 0. The van der Waals surface area contributed by atoms with Crippen LogP contribution in [0.3, 0.4) is 0 Å². The molecular weight excluding hydrogens is 370 g/mol. The Bertz CT molecular complexity index is 985. The molecular formula is C22H25N3O2S. The van der Waals surface area contributed by atoms with Crippen LogP contribution in [0.4, 0.5) is 0 Å². The van der Waals surface area contributed by atoms with Crippen molar-refractivity contribution in [1.82, 2.24) is 14.4 Å². The summed E-state index contributed by atoms with van der Waals surface area (Å²) in [5.74, 6) is 0.280. The Hall–Kier alpha value is -2.60. The summed E-state index contributed by atoms with van der Waals surface area (Å²) in [4.78, 5) is 28.4. The highest BCUT2D eigenvalue weighted by atomic mass is 32.1. The van der Waals surface area contributed by atoms with E-state index in [1.165, 1.54) is 22.0 Å². The summed E-state index contributed by atoms with van der Waals surface area (Å²) >= 11 is 1.67. The molecule has 0 saturated carbocycles. The average molecular weight is 396 g/mol. The fourth-order valence-corrected chi connectivity index (χ4v) is 4.82. The van der Waals surface area contributed by atoms with Crippen molar-refractivity contribution in [3.05, 3.63) is 58.4 Å². The summed E-state index contributed by atoms with van der Waals surface area (Å²) in [6.45, 7) is 4.07. The Kier molecular flexibility index (Phi) is 5.22. The van der Waals surface area contributed by atoms with Crippen molar-refractivity contribution in [3.8, 4) is 0 Å². The van der Waals surface area contributed by atoms with E-state index in [2.05, 4.69) is 52.8 Å². The second-order valence-electron chi connectivity index (χ2n) is 7.41. The quantitative estimate of drug-likeness (QED) is 0.679. The molecule has 1 aromatic carbocycles. The van der Waals surface area contributed by atoms with E-state index in [0.717, 1.165) is 0 Å². The number of carbonyl (C=O) groups excluding carboxylic acids is 2. The first kappa shape index (κ1) is 18.7. The van der Waals surface area contributed by atoms with Crippen molar-refractivity contribution in [1.29, 1.82) is 0 Å². The standard InChI is InChI=1S/C22H25N3O2S/c1-16(26)24-8-10-25(11-9-24)22(27)13-19(17-7-12-28-15-17)20-14-23(2)21-6-4-3-5-18(20)21/h3-7,12,14-15,19H,8-11,13H2,1-2H3. The number of rotatable bonds is 4. The molecule has 146 valence electrons. The second-order valence-corrected chi connectivity index (χ2v) is 8.19. The molecule has 2 amide bonds. The number of fused-ring (bicyclic) bond motifs is 1. The van der Waals surface area contributed by atoms with Crippen LogP contribution in [0.2, 0.25) is 0 Å². The van der Waals surface area contributed by atoms with Gasteiger partial charge in [-0.15, -0.1) is 0 Å². The normalized spacial score (nSPS) is 15.8. The summed E-state index contributed by atoms with van der Waals surface area (Å²) < 4.78 is 2.14. The lowest BCUT2D eigenvalue weighted by Crippen LogP contribution is -2.50. The number of piperazine rings is 1. The Balaban J connectivity index is 1.60. The molecule has 0 aliphatic carbocycles. The van der Waals surface area contributed by atoms with E-state index in [1.807, 2.05) is 15.9 Å². The Morgan fingerprint density at radius 2 is 1.79 bits per heavy atom. The SMILES string of the molecule is CC(=O)N1CCN(C(=O)CC(c2ccsc2)c2cn(C)c3ccccc23)CC1. The van der Waals surface area contributed by atoms with Crippen molar-refractivity contribution in [3.63, 3.8) is 0 Å². The highest BCUT2D eigenvalue weighted by Crippen LogP contribution is 2.35. The minimum Gasteiger partial charge on any atom is -0.350 e. The molecule has 1 atom stereocenters. The number of nitrogens with zero attached hydrogens (tertiary/aromatic N) is 3. The molecule has 0 bridgehead atoms. The van der Waals surface area contributed by atoms with Crippen molar-refractivity contribution in [2.45, 2.75) is 19.3 Å². The van der Waals surface area contributed by atoms with Crippen molar-refractivity contribution >= 4 is 34.1 Å². The van der Waals surface area contributed by atoms with Crippen LogP contribution in [0.5, 0.6) is 0 Å². The summed E-state index contributed by atoms with van der Waals surface area (Å²) in [7, 11) is 2.05. The monoisotopic (exact) mass is 395 g/mol. The Labute approximate surface area is 169 Å². The maximum Gasteiger partial charge on any atom is 0.223 e. The first-order valence-corrected chi connectivity index (χ1v) is 10.6. The molecule has 6 heteroatoms. The smallest absolute Gasteiger partial charge is 0.223 e. The summed E-state index contributed by atoms with van der Waals surface area (Å²) in [6, 6.07) is 10.5. The van der Waals surface area contributed by atoms with Gasteiger partial charge in [0.05, 0.1) is 0 Å². The van der Waals surface area contributed by atoms with Gasteiger partial charge in [0.2, 0.25) is 11.8 Å². The predicted molar refractivity (Wildman–Crippen MR) is 113 cm³/mol. The van der Waals surface area contributed by atoms with Crippen molar-refractivity contribution in [2.75, 3.05) is 26.2 Å². The third-order valence-corrected chi connectivity index (χ3v) is 6.41. The number of thiophene rings is 1. The van der Waals surface area contributed by atoms with Crippen LogP contribution in [0.25, 0.3) is 10.9 Å². The van der Waals surface area contributed by atoms with E-state index < -0.39 is 0 Å². The molecule has 1 saturated heterocycles. The van der Waals surface area contributed by atoms with Crippen molar-refractivity contribution in [2.24, 2.45) is 7.05 Å². The first-order chi connectivity index (χ1) is 13.5. The summed E-state index contributed by atoms with van der Waals surface area (Å²) in [5.41, 5.74) is 3.57. The summed E-state index contributed by atoms with van der Waals surface area (Å²) in [5, 5.41) is 5.42. The van der Waals surface area contributed by atoms with Crippen LogP contribution in [-0.4, -0.2) is 52.4 Å². The van der Waals surface area contributed by atoms with Crippen molar-refractivity contribution < 1.29 is 9.59 Å². The van der Waals surface area contributed by atoms with Gasteiger partial charge in [-0.3, -0.25) is 9.59 Å². The number of benzene rings is 1. The van der Waals surface area contributed by atoms with E-state index in [4.69, 9.17) is 0 Å². The van der Waals surface area contributed by atoms with Crippen LogP contribution >= 0.6 is 11.3 Å². The van der Waals surface area contributed by atoms with Gasteiger partial charge in [-0.1, -0.05) is 18.2 Å². The molecule has 1 aliphatic heterocycles. The Morgan fingerprint density at radius 1 is 1.07 bits per heavy atom. The minimum absolute atomic E-state index is 0.0377. The fourth-order valence-electron chi connectivity index (χ4n) is 4.11. The summed E-state index contributed by atoms with van der Waals surface area (Å²) in [6.07, 6.45) is 2.61. The zero-order valence-corrected chi connectivity index (χ0v) is 17.1. The first-order valence-electron chi connectivity index (χ1n) is 9.64. The van der Waals surface area contributed by atoms with Crippen LogP contribution in [-0.2, 0) is 16.6 Å². The molecule has 1 fully saturated rings. The molecule has 0 spiro atoms. The van der Waals surface area contributed by atoms with Gasteiger partial charge in [0.15, 0.2) is 0 Å². The molecule has 1 aliphatic rings. The van der Waals surface area contributed by atoms with Crippen LogP contribution in [0, 0.1) is 0 Å². The number of carbonyl (C=O) groups is 2. The molecule has 1 unspecified atom stereocenters. The van der Waals surface area contributed by atoms with E-state index in [-0.39, 0.29) is 17.7 Å². The lowest BCUT2D eigenvalue weighted by Gasteiger charge is -2.35. The predicted octanol–water partition coefficient (Wildman–Crippen LogP) is 3.45. The van der Waals surface area contributed by atoms with Gasteiger partial charge in [-0.2, -0.15) is 11.3 Å². The van der Waals surface area contributed by atoms with Gasteiger partial charge >= 0.3 is 0 Å². The van der Waals surface area contributed by atoms with Crippen LogP contribution in [0.1, 0.15) is 30.4 Å². The topological polar surface area (TPSA) is 45.6 Å². The van der Waals surface area contributed by atoms with E-state index in [9.17, 15) is 9.59 Å².